The van der Waals surface area contributed by atoms with Crippen LogP contribution in [-0.4, -0.2) is 14.2 Å². The van der Waals surface area contributed by atoms with Crippen LogP contribution in [0.4, 0.5) is 0 Å². The van der Waals surface area contributed by atoms with Gasteiger partial charge in [-0.2, -0.15) is 0 Å². The van der Waals surface area contributed by atoms with Gasteiger partial charge in [0.15, 0.2) is 0 Å². The van der Waals surface area contributed by atoms with Crippen molar-refractivity contribution in [2.24, 2.45) is 11.3 Å². The van der Waals surface area contributed by atoms with E-state index in [2.05, 4.69) is 39.5 Å². The number of hydrogen-bond acceptors (Lipinski definition) is 2. The molecule has 0 saturated heterocycles. The van der Waals surface area contributed by atoms with Crippen molar-refractivity contribution < 1.29 is 9.47 Å². The van der Waals surface area contributed by atoms with Crippen LogP contribution in [0, 0.1) is 11.3 Å². The summed E-state index contributed by atoms with van der Waals surface area (Å²) in [6.45, 7) is 11.4. The monoisotopic (exact) mass is 342 g/mol. The Morgan fingerprint density at radius 3 is 2.68 bits per heavy atom. The number of ether oxygens (including phenoxy) is 2. The Labute approximate surface area is 153 Å². The second kappa shape index (κ2) is 8.60. The lowest BCUT2D eigenvalue weighted by Crippen LogP contribution is -2.29. The van der Waals surface area contributed by atoms with Crippen molar-refractivity contribution in [3.63, 3.8) is 0 Å². The van der Waals surface area contributed by atoms with Gasteiger partial charge < -0.3 is 9.47 Å². The van der Waals surface area contributed by atoms with Crippen LogP contribution in [0.25, 0.3) is 0 Å². The van der Waals surface area contributed by atoms with Gasteiger partial charge in [-0.05, 0) is 75.0 Å². The molecule has 0 N–H and O–H groups in total. The first kappa shape index (κ1) is 19.6. The van der Waals surface area contributed by atoms with Crippen molar-refractivity contribution in [3.8, 4) is 11.5 Å². The van der Waals surface area contributed by atoms with Gasteiger partial charge in [-0.3, -0.25) is 0 Å². The summed E-state index contributed by atoms with van der Waals surface area (Å²) in [5.74, 6) is 2.45. The van der Waals surface area contributed by atoms with Crippen LogP contribution in [0.2, 0.25) is 0 Å². The molecule has 0 bridgehead atoms. The van der Waals surface area contributed by atoms with Gasteiger partial charge in [-0.15, -0.1) is 0 Å². The molecule has 2 nitrogen and oxygen atoms in total. The molecule has 1 fully saturated rings. The van der Waals surface area contributed by atoms with Crippen molar-refractivity contribution in [2.75, 3.05) is 14.2 Å². The third-order valence-corrected chi connectivity index (χ3v) is 5.74. The molecule has 0 amide bonds. The summed E-state index contributed by atoms with van der Waals surface area (Å²) in [7, 11) is 3.42. The van der Waals surface area contributed by atoms with E-state index in [4.69, 9.17) is 9.47 Å². The minimum absolute atomic E-state index is 0.394. The summed E-state index contributed by atoms with van der Waals surface area (Å²) < 4.78 is 10.8. The Bertz CT molecular complexity index is 625. The maximum atomic E-state index is 5.48. The highest BCUT2D eigenvalue weighted by Crippen LogP contribution is 2.45. The van der Waals surface area contributed by atoms with Crippen molar-refractivity contribution in [1.29, 1.82) is 0 Å². The molecule has 1 unspecified atom stereocenters. The summed E-state index contributed by atoms with van der Waals surface area (Å²) >= 11 is 0. The van der Waals surface area contributed by atoms with Gasteiger partial charge in [0, 0.05) is 5.56 Å². The summed E-state index contributed by atoms with van der Waals surface area (Å²) in [6, 6.07) is 5.98. The van der Waals surface area contributed by atoms with E-state index in [0.717, 1.165) is 24.3 Å². The van der Waals surface area contributed by atoms with Crippen LogP contribution in [0.3, 0.4) is 0 Å². The lowest BCUT2D eigenvalue weighted by atomic mass is 9.65. The molecule has 2 heteroatoms. The SMILES string of the molecule is C=C1CCCC(C)(C)C1CC/C(C)=C/Cc1cc(OC)ccc1OC. The Balaban J connectivity index is 1.99. The molecular formula is C23H34O2. The van der Waals surface area contributed by atoms with E-state index < -0.39 is 0 Å². The van der Waals surface area contributed by atoms with Crippen molar-refractivity contribution in [1.82, 2.24) is 0 Å². The largest absolute Gasteiger partial charge is 0.497 e. The average Bonchev–Trinajstić information content (AvgIpc) is 2.58. The number of hydrogen-bond donors (Lipinski definition) is 0. The molecule has 25 heavy (non-hydrogen) atoms. The van der Waals surface area contributed by atoms with Crippen molar-refractivity contribution in [2.45, 2.75) is 59.3 Å². The maximum absolute atomic E-state index is 5.48. The van der Waals surface area contributed by atoms with Crippen molar-refractivity contribution in [3.05, 3.63) is 47.6 Å². The minimum atomic E-state index is 0.394. The molecule has 1 aliphatic carbocycles. The van der Waals surface area contributed by atoms with Crippen LogP contribution < -0.4 is 9.47 Å². The molecule has 0 aromatic heterocycles. The first-order valence-electron chi connectivity index (χ1n) is 9.41. The fourth-order valence-electron chi connectivity index (χ4n) is 4.07. The summed E-state index contributed by atoms with van der Waals surface area (Å²) in [4.78, 5) is 0. The molecule has 1 saturated carbocycles. The molecule has 0 radical (unpaired) electrons. The van der Waals surface area contributed by atoms with Gasteiger partial charge in [-0.1, -0.05) is 37.6 Å². The van der Waals surface area contributed by atoms with Crippen LogP contribution in [0.5, 0.6) is 11.5 Å². The molecule has 2 rings (SSSR count). The van der Waals surface area contributed by atoms with E-state index in [1.54, 1.807) is 14.2 Å². The van der Waals surface area contributed by atoms with Gasteiger partial charge in [0.2, 0.25) is 0 Å². The molecule has 1 aromatic rings. The van der Waals surface area contributed by atoms with Crippen LogP contribution in [0.15, 0.2) is 42.0 Å². The minimum Gasteiger partial charge on any atom is -0.497 e. The average molecular weight is 343 g/mol. The van der Waals surface area contributed by atoms with Gasteiger partial charge in [0.05, 0.1) is 14.2 Å². The molecule has 0 spiro atoms. The molecule has 0 aliphatic heterocycles. The van der Waals surface area contributed by atoms with Crippen LogP contribution in [-0.2, 0) is 6.42 Å². The molecule has 0 heterocycles. The number of benzene rings is 1. The Hall–Kier alpha value is -1.70. The molecular weight excluding hydrogens is 308 g/mol. The maximum Gasteiger partial charge on any atom is 0.122 e. The second-order valence-corrected chi connectivity index (χ2v) is 8.02. The van der Waals surface area contributed by atoms with E-state index >= 15 is 0 Å². The first-order valence-corrected chi connectivity index (χ1v) is 9.41. The van der Waals surface area contributed by atoms with Gasteiger partial charge in [0.1, 0.15) is 11.5 Å². The number of methoxy groups -OCH3 is 2. The van der Waals surface area contributed by atoms with E-state index in [1.807, 2.05) is 12.1 Å². The molecule has 1 atom stereocenters. The van der Waals surface area contributed by atoms with E-state index in [-0.39, 0.29) is 0 Å². The fraction of sp³-hybridized carbons (Fsp3) is 0.565. The quantitative estimate of drug-likeness (QED) is 0.537. The van der Waals surface area contributed by atoms with Gasteiger partial charge in [0.25, 0.3) is 0 Å². The zero-order valence-corrected chi connectivity index (χ0v) is 16.7. The summed E-state index contributed by atoms with van der Waals surface area (Å²) in [5, 5.41) is 0. The Morgan fingerprint density at radius 1 is 1.28 bits per heavy atom. The van der Waals surface area contributed by atoms with E-state index in [1.165, 1.54) is 42.4 Å². The van der Waals surface area contributed by atoms with Crippen LogP contribution in [0.1, 0.15) is 58.4 Å². The van der Waals surface area contributed by atoms with Crippen LogP contribution >= 0.6 is 0 Å². The lowest BCUT2D eigenvalue weighted by Gasteiger charge is -2.40. The van der Waals surface area contributed by atoms with E-state index in [9.17, 15) is 0 Å². The third-order valence-electron chi connectivity index (χ3n) is 5.74. The second-order valence-electron chi connectivity index (χ2n) is 8.02. The molecule has 1 aliphatic rings. The summed E-state index contributed by atoms with van der Waals surface area (Å²) in [5.41, 5.74) is 4.46. The Kier molecular flexibility index (Phi) is 6.75. The van der Waals surface area contributed by atoms with Gasteiger partial charge in [-0.25, -0.2) is 0 Å². The predicted octanol–water partition coefficient (Wildman–Crippen LogP) is 6.36. The zero-order chi connectivity index (χ0) is 18.4. The third kappa shape index (κ3) is 5.14. The smallest absolute Gasteiger partial charge is 0.122 e. The number of rotatable bonds is 7. The fourth-order valence-corrected chi connectivity index (χ4v) is 4.07. The predicted molar refractivity (Wildman–Crippen MR) is 107 cm³/mol. The first-order chi connectivity index (χ1) is 11.9. The highest BCUT2D eigenvalue weighted by atomic mass is 16.5. The standard InChI is InChI=1S/C23H34O2/c1-17(10-13-21-18(2)8-7-15-23(21,3)4)9-11-19-16-20(24-5)12-14-22(19)25-6/h9,12,14,16,21H,2,7-8,10-11,13,15H2,1,3-6H3/b17-9+. The van der Waals surface area contributed by atoms with Crippen molar-refractivity contribution >= 4 is 0 Å². The highest BCUT2D eigenvalue weighted by molar-refractivity contribution is 5.41. The number of allylic oxidation sites excluding steroid dienone is 3. The summed E-state index contributed by atoms with van der Waals surface area (Å²) in [6.07, 6.45) is 9.38. The zero-order valence-electron chi connectivity index (χ0n) is 16.7. The lowest BCUT2D eigenvalue weighted by molar-refractivity contribution is 0.180. The molecule has 138 valence electrons. The van der Waals surface area contributed by atoms with E-state index in [0.29, 0.717) is 11.3 Å². The molecule has 1 aromatic carbocycles. The highest BCUT2D eigenvalue weighted by Gasteiger charge is 2.33. The topological polar surface area (TPSA) is 18.5 Å². The Morgan fingerprint density at radius 2 is 2.04 bits per heavy atom. The normalized spacial score (nSPS) is 20.4. The van der Waals surface area contributed by atoms with Gasteiger partial charge >= 0.3 is 0 Å².